The van der Waals surface area contributed by atoms with E-state index in [1.54, 1.807) is 0 Å². The summed E-state index contributed by atoms with van der Waals surface area (Å²) < 4.78 is 5.92. The van der Waals surface area contributed by atoms with Gasteiger partial charge in [0, 0.05) is 6.42 Å². The van der Waals surface area contributed by atoms with Gasteiger partial charge < -0.3 is 20.3 Å². The van der Waals surface area contributed by atoms with Crippen molar-refractivity contribution in [3.63, 3.8) is 0 Å². The number of aliphatic hydroxyl groups excluding tert-OH is 2. The zero-order valence-corrected chi connectivity index (χ0v) is 40.7. The summed E-state index contributed by atoms with van der Waals surface area (Å²) in [5.74, 6) is -0.522. The Morgan fingerprint density at radius 2 is 0.871 bits per heavy atom. The van der Waals surface area contributed by atoms with Gasteiger partial charge in [0.1, 0.15) is 6.10 Å². The molecule has 0 aromatic carbocycles. The number of ether oxygens (including phenoxy) is 1. The molecule has 0 fully saturated rings. The van der Waals surface area contributed by atoms with E-state index in [4.69, 9.17) is 4.74 Å². The second-order valence-corrected chi connectivity index (χ2v) is 17.5. The van der Waals surface area contributed by atoms with Crippen LogP contribution in [0.4, 0.5) is 0 Å². The largest absolute Gasteiger partial charge is 0.462 e. The Morgan fingerprint density at radius 1 is 0.484 bits per heavy atom. The monoisotopic (exact) mass is 866 g/mol. The zero-order valence-electron chi connectivity index (χ0n) is 40.7. The molecule has 0 aliphatic rings. The number of aliphatic hydroxyl groups is 2. The first-order valence-corrected chi connectivity index (χ1v) is 26.2. The Balaban J connectivity index is 4.69. The summed E-state index contributed by atoms with van der Waals surface area (Å²) in [5, 5.41) is 23.8. The lowest BCUT2D eigenvalue weighted by Crippen LogP contribution is -2.46. The molecule has 0 bridgehead atoms. The van der Waals surface area contributed by atoms with Crippen molar-refractivity contribution in [1.29, 1.82) is 0 Å². The Hall–Kier alpha value is -2.70. The molecule has 6 heteroatoms. The van der Waals surface area contributed by atoms with Gasteiger partial charge in [-0.05, 0) is 96.3 Å². The van der Waals surface area contributed by atoms with Crippen molar-refractivity contribution in [2.45, 2.75) is 264 Å². The highest BCUT2D eigenvalue weighted by atomic mass is 16.5. The van der Waals surface area contributed by atoms with Crippen molar-refractivity contribution < 1.29 is 24.5 Å². The highest BCUT2D eigenvalue weighted by molar-refractivity contribution is 5.77. The highest BCUT2D eigenvalue weighted by Crippen LogP contribution is 2.17. The molecule has 0 saturated heterocycles. The molecule has 0 heterocycles. The molecular formula is C56H99NO5. The van der Waals surface area contributed by atoms with Crippen LogP contribution in [0.2, 0.25) is 0 Å². The van der Waals surface area contributed by atoms with Gasteiger partial charge in [-0.1, -0.05) is 209 Å². The first-order valence-electron chi connectivity index (χ1n) is 26.2. The SMILES string of the molecule is CC/C=C/C/C=C/C/C=C/CCCCCCC(=O)OC(CCCCCC/C=C\C/C=C\C/C=C\CCCCC)CC(=O)NC(CO)C(O)CCCCCCCCCCCCCC. The zero-order chi connectivity index (χ0) is 45.2. The summed E-state index contributed by atoms with van der Waals surface area (Å²) in [6, 6.07) is -0.716. The summed E-state index contributed by atoms with van der Waals surface area (Å²) in [6.45, 7) is 6.33. The molecule has 0 aromatic rings. The summed E-state index contributed by atoms with van der Waals surface area (Å²) in [7, 11) is 0. The van der Waals surface area contributed by atoms with Crippen molar-refractivity contribution in [2.24, 2.45) is 0 Å². The third kappa shape index (κ3) is 43.9. The lowest BCUT2D eigenvalue weighted by Gasteiger charge is -2.24. The quantitative estimate of drug-likeness (QED) is 0.0322. The number of carbonyl (C=O) groups is 2. The number of esters is 1. The van der Waals surface area contributed by atoms with Crippen LogP contribution in [0.1, 0.15) is 245 Å². The number of nitrogens with one attached hydrogen (secondary N) is 1. The second-order valence-electron chi connectivity index (χ2n) is 17.5. The normalized spacial score (nSPS) is 13.8. The summed E-state index contributed by atoms with van der Waals surface area (Å²) in [4.78, 5) is 26.2. The minimum Gasteiger partial charge on any atom is -0.462 e. The van der Waals surface area contributed by atoms with Crippen molar-refractivity contribution >= 4 is 11.9 Å². The maximum atomic E-state index is 13.2. The standard InChI is InChI=1S/C56H99NO5/c1-4-7-10-13-16-19-22-25-27-28-29-30-32-35-38-41-44-47-52(62-56(61)49-46-43-40-37-34-31-26-23-20-17-14-11-8-5-2)50-55(60)57-53(51-58)54(59)48-45-42-39-36-33-24-21-18-15-12-9-6-3/h8,11,16-17,19-20,25-27,29-31,52-54,58-59H,4-7,9-10,12-15,18,21-24,28,32-51H2,1-3H3,(H,57,60)/b11-8+,19-16-,20-17+,27-25-,30-29-,31-26+. The molecule has 358 valence electrons. The predicted octanol–water partition coefficient (Wildman–Crippen LogP) is 15.8. The summed E-state index contributed by atoms with van der Waals surface area (Å²) in [6.07, 6.45) is 62.4. The lowest BCUT2D eigenvalue weighted by molar-refractivity contribution is -0.151. The second kappa shape index (κ2) is 49.3. The van der Waals surface area contributed by atoms with E-state index in [9.17, 15) is 19.8 Å². The van der Waals surface area contributed by atoms with Gasteiger partial charge in [0.05, 0.1) is 25.2 Å². The van der Waals surface area contributed by atoms with E-state index in [2.05, 4.69) is 99.0 Å². The number of rotatable bonds is 46. The van der Waals surface area contributed by atoms with E-state index in [-0.39, 0.29) is 24.9 Å². The third-order valence-electron chi connectivity index (χ3n) is 11.5. The number of hydrogen-bond acceptors (Lipinski definition) is 5. The van der Waals surface area contributed by atoms with Crippen LogP contribution in [-0.2, 0) is 14.3 Å². The number of allylic oxidation sites excluding steroid dienone is 12. The molecule has 62 heavy (non-hydrogen) atoms. The lowest BCUT2D eigenvalue weighted by atomic mass is 10.0. The maximum absolute atomic E-state index is 13.2. The molecule has 3 N–H and O–H groups in total. The van der Waals surface area contributed by atoms with Crippen LogP contribution in [0.25, 0.3) is 0 Å². The fourth-order valence-electron chi connectivity index (χ4n) is 7.57. The van der Waals surface area contributed by atoms with Gasteiger partial charge >= 0.3 is 5.97 Å². The molecule has 1 amide bonds. The third-order valence-corrected chi connectivity index (χ3v) is 11.5. The van der Waals surface area contributed by atoms with Crippen LogP contribution in [0.5, 0.6) is 0 Å². The van der Waals surface area contributed by atoms with Crippen molar-refractivity contribution in [3.05, 3.63) is 72.9 Å². The molecule has 0 aliphatic carbocycles. The van der Waals surface area contributed by atoms with E-state index in [1.807, 2.05) is 0 Å². The van der Waals surface area contributed by atoms with Crippen molar-refractivity contribution in [2.75, 3.05) is 6.61 Å². The highest BCUT2D eigenvalue weighted by Gasteiger charge is 2.24. The van der Waals surface area contributed by atoms with Gasteiger partial charge in [0.25, 0.3) is 0 Å². The Kier molecular flexibility index (Phi) is 47.2. The summed E-state index contributed by atoms with van der Waals surface area (Å²) in [5.41, 5.74) is 0. The van der Waals surface area contributed by atoms with Crippen LogP contribution in [0.3, 0.4) is 0 Å². The molecule has 0 spiro atoms. The van der Waals surface area contributed by atoms with Gasteiger partial charge in [-0.3, -0.25) is 9.59 Å². The smallest absolute Gasteiger partial charge is 0.306 e. The van der Waals surface area contributed by atoms with E-state index >= 15 is 0 Å². The first kappa shape index (κ1) is 59.3. The van der Waals surface area contributed by atoms with Crippen molar-refractivity contribution in [3.8, 4) is 0 Å². The average Bonchev–Trinajstić information content (AvgIpc) is 3.26. The van der Waals surface area contributed by atoms with Gasteiger partial charge in [-0.2, -0.15) is 0 Å². The minimum atomic E-state index is -0.800. The number of amides is 1. The molecule has 0 aliphatic heterocycles. The van der Waals surface area contributed by atoms with Gasteiger partial charge in [-0.15, -0.1) is 0 Å². The topological polar surface area (TPSA) is 95.9 Å². The molecule has 0 radical (unpaired) electrons. The van der Waals surface area contributed by atoms with E-state index in [1.165, 1.54) is 83.5 Å². The van der Waals surface area contributed by atoms with Gasteiger partial charge in [-0.25, -0.2) is 0 Å². The Bertz CT molecular complexity index is 1150. The molecule has 3 unspecified atom stereocenters. The minimum absolute atomic E-state index is 0.0510. The maximum Gasteiger partial charge on any atom is 0.306 e. The molecule has 6 nitrogen and oxygen atoms in total. The Labute approximate surface area is 383 Å². The fourth-order valence-corrected chi connectivity index (χ4v) is 7.57. The average molecular weight is 866 g/mol. The molecule has 0 aromatic heterocycles. The fraction of sp³-hybridized carbons (Fsp3) is 0.750. The van der Waals surface area contributed by atoms with Gasteiger partial charge in [0.15, 0.2) is 0 Å². The molecule has 0 rings (SSSR count). The van der Waals surface area contributed by atoms with Crippen LogP contribution in [0, 0.1) is 0 Å². The van der Waals surface area contributed by atoms with Crippen LogP contribution in [0.15, 0.2) is 72.9 Å². The predicted molar refractivity (Wildman–Crippen MR) is 268 cm³/mol. The Morgan fingerprint density at radius 3 is 1.35 bits per heavy atom. The molecule has 0 saturated carbocycles. The summed E-state index contributed by atoms with van der Waals surface area (Å²) >= 11 is 0. The number of hydrogen-bond donors (Lipinski definition) is 3. The first-order chi connectivity index (χ1) is 30.5. The number of carbonyl (C=O) groups excluding carboxylic acids is 2. The molecule has 3 atom stereocenters. The van der Waals surface area contributed by atoms with E-state index in [0.29, 0.717) is 19.3 Å². The van der Waals surface area contributed by atoms with E-state index < -0.39 is 18.2 Å². The van der Waals surface area contributed by atoms with E-state index in [0.717, 1.165) is 116 Å². The van der Waals surface area contributed by atoms with Crippen LogP contribution < -0.4 is 5.32 Å². The van der Waals surface area contributed by atoms with Crippen molar-refractivity contribution in [1.82, 2.24) is 5.32 Å². The van der Waals surface area contributed by atoms with Crippen LogP contribution in [-0.4, -0.2) is 46.9 Å². The van der Waals surface area contributed by atoms with Gasteiger partial charge in [0.2, 0.25) is 5.91 Å². The molecular weight excluding hydrogens is 767 g/mol. The van der Waals surface area contributed by atoms with Crippen LogP contribution >= 0.6 is 0 Å². The number of unbranched alkanes of at least 4 members (excludes halogenated alkanes) is 22.